The lowest BCUT2D eigenvalue weighted by atomic mass is 10.2. The second-order valence-electron chi connectivity index (χ2n) is 5.45. The number of amides is 2. The van der Waals surface area contributed by atoms with Crippen molar-refractivity contribution in [1.82, 2.24) is 10.2 Å². The Morgan fingerprint density at radius 2 is 1.71 bits per heavy atom. The number of anilines is 2. The molecule has 2 rings (SSSR count). The van der Waals surface area contributed by atoms with Crippen LogP contribution < -0.4 is 10.6 Å². The van der Waals surface area contributed by atoms with Crippen molar-refractivity contribution in [2.24, 2.45) is 0 Å². The van der Waals surface area contributed by atoms with E-state index in [4.69, 9.17) is 4.74 Å². The third kappa shape index (κ3) is 6.76. The van der Waals surface area contributed by atoms with E-state index in [0.29, 0.717) is 21.4 Å². The Morgan fingerprint density at radius 1 is 1.00 bits per heavy atom. The number of aromatic nitrogens is 2. The molecule has 0 saturated heterocycles. The van der Waals surface area contributed by atoms with Gasteiger partial charge in [-0.3, -0.25) is 14.4 Å². The molecule has 2 N–H and O–H groups in total. The van der Waals surface area contributed by atoms with Crippen LogP contribution in [0, 0.1) is 6.92 Å². The molecule has 0 aliphatic carbocycles. The van der Waals surface area contributed by atoms with Crippen molar-refractivity contribution in [3.63, 3.8) is 0 Å². The molecule has 28 heavy (non-hydrogen) atoms. The third-order valence-electron chi connectivity index (χ3n) is 3.28. The number of carbonyl (C=O) groups excluding carboxylic acids is 4. The van der Waals surface area contributed by atoms with Crippen molar-refractivity contribution in [2.45, 2.75) is 19.8 Å². The molecular formula is C17H18N4O6S. The van der Waals surface area contributed by atoms with Crippen LogP contribution in [0.1, 0.15) is 28.2 Å². The van der Waals surface area contributed by atoms with E-state index in [0.717, 1.165) is 0 Å². The van der Waals surface area contributed by atoms with E-state index in [-0.39, 0.29) is 12.8 Å². The molecule has 0 fully saturated rings. The maximum absolute atomic E-state index is 11.8. The highest BCUT2D eigenvalue weighted by Crippen LogP contribution is 2.14. The average molecular weight is 406 g/mol. The average Bonchev–Trinajstić information content (AvgIpc) is 3.09. The van der Waals surface area contributed by atoms with Crippen molar-refractivity contribution >= 4 is 45.9 Å². The van der Waals surface area contributed by atoms with Gasteiger partial charge in [0.25, 0.3) is 5.91 Å². The molecule has 0 saturated carbocycles. The second-order valence-corrected chi connectivity index (χ2v) is 6.63. The van der Waals surface area contributed by atoms with Crippen LogP contribution in [-0.2, 0) is 23.9 Å². The van der Waals surface area contributed by atoms with Crippen molar-refractivity contribution in [1.29, 1.82) is 0 Å². The van der Waals surface area contributed by atoms with Crippen LogP contribution >= 0.6 is 11.3 Å². The van der Waals surface area contributed by atoms with Gasteiger partial charge in [0.15, 0.2) is 6.61 Å². The minimum atomic E-state index is -0.681. The molecule has 0 radical (unpaired) electrons. The molecule has 0 aliphatic rings. The number of nitrogens with one attached hydrogen (secondary N) is 2. The number of esters is 2. The van der Waals surface area contributed by atoms with Crippen LogP contribution in [0.5, 0.6) is 0 Å². The first kappa shape index (κ1) is 21.0. The van der Waals surface area contributed by atoms with Gasteiger partial charge in [-0.2, -0.15) is 0 Å². The van der Waals surface area contributed by atoms with Crippen LogP contribution in [0.4, 0.5) is 10.8 Å². The predicted octanol–water partition coefficient (Wildman–Crippen LogP) is 1.53. The number of aryl methyl sites for hydroxylation is 1. The first-order chi connectivity index (χ1) is 13.4. The zero-order chi connectivity index (χ0) is 20.5. The Morgan fingerprint density at radius 3 is 2.32 bits per heavy atom. The zero-order valence-electron chi connectivity index (χ0n) is 15.2. The zero-order valence-corrected chi connectivity index (χ0v) is 16.0. The van der Waals surface area contributed by atoms with Crippen molar-refractivity contribution in [3.8, 4) is 0 Å². The largest absolute Gasteiger partial charge is 0.465 e. The number of hydrogen-bond donors (Lipinski definition) is 2. The lowest BCUT2D eigenvalue weighted by Gasteiger charge is -2.07. The number of hydrogen-bond acceptors (Lipinski definition) is 9. The van der Waals surface area contributed by atoms with E-state index < -0.39 is 30.4 Å². The summed E-state index contributed by atoms with van der Waals surface area (Å²) in [5, 5.41) is 13.6. The first-order valence-corrected chi connectivity index (χ1v) is 8.93. The first-order valence-electron chi connectivity index (χ1n) is 8.11. The topological polar surface area (TPSA) is 137 Å². The summed E-state index contributed by atoms with van der Waals surface area (Å²) in [7, 11) is 1.27. The molecule has 10 nitrogen and oxygen atoms in total. The van der Waals surface area contributed by atoms with Gasteiger partial charge < -0.3 is 20.1 Å². The molecule has 0 atom stereocenters. The van der Waals surface area contributed by atoms with Crippen molar-refractivity contribution in [2.75, 3.05) is 24.4 Å². The molecule has 11 heteroatoms. The molecule has 1 aromatic heterocycles. The van der Waals surface area contributed by atoms with Crippen LogP contribution in [-0.4, -0.2) is 47.7 Å². The maximum atomic E-state index is 11.8. The van der Waals surface area contributed by atoms with E-state index >= 15 is 0 Å². The van der Waals surface area contributed by atoms with Crippen LogP contribution in [0.15, 0.2) is 24.3 Å². The van der Waals surface area contributed by atoms with Gasteiger partial charge in [-0.25, -0.2) is 4.79 Å². The Bertz CT molecular complexity index is 865. The van der Waals surface area contributed by atoms with E-state index in [1.165, 1.54) is 42.7 Å². The molecule has 0 bridgehead atoms. The van der Waals surface area contributed by atoms with Gasteiger partial charge >= 0.3 is 11.9 Å². The quantitative estimate of drug-likeness (QED) is 0.630. The summed E-state index contributed by atoms with van der Waals surface area (Å²) in [6, 6.07) is 6.02. The van der Waals surface area contributed by atoms with E-state index in [9.17, 15) is 19.2 Å². The maximum Gasteiger partial charge on any atom is 0.337 e. The van der Waals surface area contributed by atoms with Crippen LogP contribution in [0.3, 0.4) is 0 Å². The summed E-state index contributed by atoms with van der Waals surface area (Å²) in [5.74, 6) is -2.12. The van der Waals surface area contributed by atoms with E-state index in [1.54, 1.807) is 6.92 Å². The summed E-state index contributed by atoms with van der Waals surface area (Å²) in [4.78, 5) is 46.5. The fraction of sp³-hybridized carbons (Fsp3) is 0.294. The fourth-order valence-electron chi connectivity index (χ4n) is 1.97. The van der Waals surface area contributed by atoms with Gasteiger partial charge in [-0.1, -0.05) is 11.3 Å². The fourth-order valence-corrected chi connectivity index (χ4v) is 2.58. The normalized spacial score (nSPS) is 10.1. The summed E-state index contributed by atoms with van der Waals surface area (Å²) in [6.07, 6.45) is -0.279. The van der Waals surface area contributed by atoms with Gasteiger partial charge in [0, 0.05) is 12.1 Å². The van der Waals surface area contributed by atoms with Gasteiger partial charge in [-0.15, -0.1) is 10.2 Å². The molecule has 0 aliphatic heterocycles. The SMILES string of the molecule is COC(=O)c1ccc(NC(=O)COC(=O)CCC(=O)Nc2nnc(C)s2)cc1. The molecule has 2 aromatic rings. The van der Waals surface area contributed by atoms with E-state index in [1.807, 2.05) is 0 Å². The molecule has 1 heterocycles. The predicted molar refractivity (Wildman–Crippen MR) is 99.9 cm³/mol. The van der Waals surface area contributed by atoms with Crippen molar-refractivity contribution in [3.05, 3.63) is 34.8 Å². The summed E-state index contributed by atoms with van der Waals surface area (Å²) in [6.45, 7) is 1.26. The van der Waals surface area contributed by atoms with Crippen LogP contribution in [0.25, 0.3) is 0 Å². The van der Waals surface area contributed by atoms with Crippen LogP contribution in [0.2, 0.25) is 0 Å². The Kier molecular flexibility index (Phi) is 7.57. The smallest absolute Gasteiger partial charge is 0.337 e. The number of rotatable bonds is 8. The molecule has 2 amide bonds. The van der Waals surface area contributed by atoms with Crippen molar-refractivity contribution < 1.29 is 28.7 Å². The lowest BCUT2D eigenvalue weighted by molar-refractivity contribution is -0.147. The second kappa shape index (κ2) is 10.1. The molecule has 1 aromatic carbocycles. The minimum Gasteiger partial charge on any atom is -0.465 e. The molecule has 0 spiro atoms. The third-order valence-corrected chi connectivity index (χ3v) is 4.04. The molecule has 148 valence electrons. The van der Waals surface area contributed by atoms with Gasteiger partial charge in [0.05, 0.1) is 19.1 Å². The summed E-state index contributed by atoms with van der Waals surface area (Å²) < 4.78 is 9.41. The lowest BCUT2D eigenvalue weighted by Crippen LogP contribution is -2.21. The Hall–Kier alpha value is -3.34. The van der Waals surface area contributed by atoms with Gasteiger partial charge in [0.2, 0.25) is 11.0 Å². The highest BCUT2D eigenvalue weighted by Gasteiger charge is 2.12. The highest BCUT2D eigenvalue weighted by molar-refractivity contribution is 7.15. The Balaban J connectivity index is 1.68. The Labute approximate surface area is 164 Å². The number of nitrogens with zero attached hydrogens (tertiary/aromatic N) is 2. The number of methoxy groups -OCH3 is 1. The number of ether oxygens (including phenoxy) is 2. The summed E-state index contributed by atoms with van der Waals surface area (Å²) in [5.41, 5.74) is 0.773. The standard InChI is InChI=1S/C17H18N4O6S/c1-10-20-21-17(28-10)19-13(22)7-8-15(24)27-9-14(23)18-12-5-3-11(4-6-12)16(25)26-2/h3-6H,7-9H2,1-2H3,(H,18,23)(H,19,21,22). The van der Waals surface area contributed by atoms with Gasteiger partial charge in [0.1, 0.15) is 5.01 Å². The molecule has 0 unspecified atom stereocenters. The number of carbonyl (C=O) groups is 4. The van der Waals surface area contributed by atoms with Gasteiger partial charge in [-0.05, 0) is 31.2 Å². The highest BCUT2D eigenvalue weighted by atomic mass is 32.1. The monoisotopic (exact) mass is 406 g/mol. The van der Waals surface area contributed by atoms with E-state index in [2.05, 4.69) is 25.6 Å². The molecular weight excluding hydrogens is 388 g/mol. The summed E-state index contributed by atoms with van der Waals surface area (Å²) >= 11 is 1.22. The number of benzene rings is 1. The minimum absolute atomic E-state index is 0.103.